The fourth-order valence-electron chi connectivity index (χ4n) is 2.80. The van der Waals surface area contributed by atoms with E-state index in [1.807, 2.05) is 19.9 Å². The summed E-state index contributed by atoms with van der Waals surface area (Å²) >= 11 is 0. The van der Waals surface area contributed by atoms with E-state index in [4.69, 9.17) is 0 Å². The molecule has 1 aromatic carbocycles. The number of phenolic OH excluding ortho intramolecular Hbond substituents is 1. The first kappa shape index (κ1) is 15.0. The Morgan fingerprint density at radius 2 is 2.10 bits per heavy atom. The highest BCUT2D eigenvalue weighted by atomic mass is 16.6. The van der Waals surface area contributed by atoms with Crippen LogP contribution in [0.15, 0.2) is 24.3 Å². The van der Waals surface area contributed by atoms with Crippen LogP contribution in [0.4, 0.5) is 5.69 Å². The number of nitro groups is 1. The molecule has 1 aliphatic carbocycles. The van der Waals surface area contributed by atoms with Crippen LogP contribution < -0.4 is 0 Å². The van der Waals surface area contributed by atoms with Gasteiger partial charge in [0.15, 0.2) is 5.75 Å². The van der Waals surface area contributed by atoms with Crippen molar-refractivity contribution in [1.82, 2.24) is 0 Å². The van der Waals surface area contributed by atoms with Crippen molar-refractivity contribution in [2.75, 3.05) is 0 Å². The summed E-state index contributed by atoms with van der Waals surface area (Å²) in [6.45, 7) is 3.79. The van der Waals surface area contributed by atoms with Gasteiger partial charge in [-0.25, -0.2) is 0 Å². The summed E-state index contributed by atoms with van der Waals surface area (Å²) in [5, 5.41) is 29.6. The van der Waals surface area contributed by atoms with Gasteiger partial charge in [0.1, 0.15) is 0 Å². The van der Waals surface area contributed by atoms with Crippen molar-refractivity contribution in [3.05, 3.63) is 40.0 Å². The van der Waals surface area contributed by atoms with Crippen LogP contribution in [0.25, 0.3) is 5.57 Å². The van der Waals surface area contributed by atoms with Crippen LogP contribution in [-0.4, -0.2) is 21.1 Å². The molecule has 0 saturated heterocycles. The predicted molar refractivity (Wildman–Crippen MR) is 76.9 cm³/mol. The lowest BCUT2D eigenvalue weighted by Gasteiger charge is -2.35. The fraction of sp³-hybridized carbons (Fsp3) is 0.400. The summed E-state index contributed by atoms with van der Waals surface area (Å²) < 4.78 is 0. The molecule has 1 atom stereocenters. The van der Waals surface area contributed by atoms with Crippen LogP contribution >= 0.6 is 0 Å². The van der Waals surface area contributed by atoms with E-state index in [1.54, 1.807) is 6.07 Å². The first-order chi connectivity index (χ1) is 9.72. The average Bonchev–Trinajstić information content (AvgIpc) is 2.36. The molecular formula is C15H17NO5. The van der Waals surface area contributed by atoms with Gasteiger partial charge in [-0.15, -0.1) is 0 Å². The second-order valence-corrected chi connectivity index (χ2v) is 5.98. The number of carboxylic acid groups (broad SMARTS) is 1. The Balaban J connectivity index is 2.34. The zero-order valence-electron chi connectivity index (χ0n) is 11.9. The van der Waals surface area contributed by atoms with Crippen molar-refractivity contribution >= 4 is 17.2 Å². The summed E-state index contributed by atoms with van der Waals surface area (Å²) in [7, 11) is 0. The number of nitro benzene ring substituents is 1. The van der Waals surface area contributed by atoms with Gasteiger partial charge < -0.3 is 10.2 Å². The molecule has 0 aliphatic heterocycles. The Bertz CT molecular complexity index is 633. The van der Waals surface area contributed by atoms with Gasteiger partial charge in [-0.05, 0) is 41.5 Å². The Morgan fingerprint density at radius 3 is 2.57 bits per heavy atom. The zero-order valence-corrected chi connectivity index (χ0v) is 11.9. The normalized spacial score (nSPS) is 20.7. The number of carbonyl (C=O) groups is 1. The quantitative estimate of drug-likeness (QED) is 0.657. The summed E-state index contributed by atoms with van der Waals surface area (Å²) in [4.78, 5) is 21.3. The Hall–Kier alpha value is -2.37. The molecule has 0 fully saturated rings. The number of benzene rings is 1. The SMILES string of the molecule is CC1(C)CC(c2ccc([N+](=O)[O-])c(O)c2)=CCC1C(=O)O. The number of hydrogen-bond acceptors (Lipinski definition) is 4. The Labute approximate surface area is 121 Å². The number of aromatic hydroxyl groups is 1. The van der Waals surface area contributed by atoms with Crippen molar-refractivity contribution < 1.29 is 19.9 Å². The molecule has 0 bridgehead atoms. The zero-order chi connectivity index (χ0) is 15.8. The number of phenols is 1. The van der Waals surface area contributed by atoms with E-state index in [0.29, 0.717) is 18.4 Å². The summed E-state index contributed by atoms with van der Waals surface area (Å²) in [6, 6.07) is 4.21. The van der Waals surface area contributed by atoms with Gasteiger partial charge in [0.05, 0.1) is 10.8 Å². The summed E-state index contributed by atoms with van der Waals surface area (Å²) in [5.41, 5.74) is 0.850. The second kappa shape index (κ2) is 5.20. The molecule has 0 spiro atoms. The van der Waals surface area contributed by atoms with Gasteiger partial charge in [-0.3, -0.25) is 14.9 Å². The van der Waals surface area contributed by atoms with E-state index in [-0.39, 0.29) is 11.4 Å². The fourth-order valence-corrected chi connectivity index (χ4v) is 2.80. The number of aliphatic carboxylic acids is 1. The molecule has 112 valence electrons. The van der Waals surface area contributed by atoms with Gasteiger partial charge in [0, 0.05) is 6.07 Å². The lowest BCUT2D eigenvalue weighted by molar-refractivity contribution is -0.385. The first-order valence-corrected chi connectivity index (χ1v) is 6.62. The van der Waals surface area contributed by atoms with Gasteiger partial charge in [-0.2, -0.15) is 0 Å². The molecule has 21 heavy (non-hydrogen) atoms. The van der Waals surface area contributed by atoms with E-state index in [1.165, 1.54) is 12.1 Å². The van der Waals surface area contributed by atoms with Crippen molar-refractivity contribution in [3.8, 4) is 5.75 Å². The molecule has 1 aliphatic rings. The maximum Gasteiger partial charge on any atom is 0.310 e. The van der Waals surface area contributed by atoms with Gasteiger partial charge in [0.2, 0.25) is 0 Å². The molecule has 6 nitrogen and oxygen atoms in total. The van der Waals surface area contributed by atoms with Crippen molar-refractivity contribution in [3.63, 3.8) is 0 Å². The van der Waals surface area contributed by atoms with Crippen LogP contribution in [0.2, 0.25) is 0 Å². The highest BCUT2D eigenvalue weighted by Gasteiger charge is 2.38. The van der Waals surface area contributed by atoms with Crippen LogP contribution in [0, 0.1) is 21.4 Å². The highest BCUT2D eigenvalue weighted by molar-refractivity contribution is 5.76. The van der Waals surface area contributed by atoms with Crippen LogP contribution in [0.1, 0.15) is 32.3 Å². The third kappa shape index (κ3) is 2.89. The minimum absolute atomic E-state index is 0.335. The lowest BCUT2D eigenvalue weighted by Crippen LogP contribution is -2.33. The van der Waals surface area contributed by atoms with Gasteiger partial charge in [0.25, 0.3) is 0 Å². The predicted octanol–water partition coefficient (Wildman–Crippen LogP) is 3.20. The molecule has 0 aromatic heterocycles. The molecule has 1 aromatic rings. The third-order valence-corrected chi connectivity index (χ3v) is 4.03. The van der Waals surface area contributed by atoms with Crippen LogP contribution in [-0.2, 0) is 4.79 Å². The van der Waals surface area contributed by atoms with Crippen molar-refractivity contribution in [1.29, 1.82) is 0 Å². The van der Waals surface area contributed by atoms with E-state index in [9.17, 15) is 25.1 Å². The van der Waals surface area contributed by atoms with E-state index in [0.717, 1.165) is 5.57 Å². The largest absolute Gasteiger partial charge is 0.502 e. The topological polar surface area (TPSA) is 101 Å². The smallest absolute Gasteiger partial charge is 0.310 e. The van der Waals surface area contributed by atoms with Gasteiger partial charge >= 0.3 is 11.7 Å². The van der Waals surface area contributed by atoms with Gasteiger partial charge in [-0.1, -0.05) is 19.9 Å². The Kier molecular flexibility index (Phi) is 3.72. The minimum Gasteiger partial charge on any atom is -0.502 e. The van der Waals surface area contributed by atoms with Crippen LogP contribution in [0.3, 0.4) is 0 Å². The number of rotatable bonds is 3. The Morgan fingerprint density at radius 1 is 1.43 bits per heavy atom. The molecule has 2 N–H and O–H groups in total. The highest BCUT2D eigenvalue weighted by Crippen LogP contribution is 2.44. The van der Waals surface area contributed by atoms with E-state index < -0.39 is 22.2 Å². The lowest BCUT2D eigenvalue weighted by atomic mass is 9.68. The molecular weight excluding hydrogens is 274 g/mol. The molecule has 0 heterocycles. The average molecular weight is 291 g/mol. The summed E-state index contributed by atoms with van der Waals surface area (Å²) in [6.07, 6.45) is 2.79. The molecule has 0 saturated carbocycles. The van der Waals surface area contributed by atoms with E-state index >= 15 is 0 Å². The molecule has 6 heteroatoms. The third-order valence-electron chi connectivity index (χ3n) is 4.03. The second-order valence-electron chi connectivity index (χ2n) is 5.98. The standard InChI is InChI=1S/C15H17NO5/c1-15(2)8-10(3-5-11(15)14(18)19)9-4-6-12(16(20)21)13(17)7-9/h3-4,6-7,11,17H,5,8H2,1-2H3,(H,18,19). The van der Waals surface area contributed by atoms with E-state index in [2.05, 4.69) is 0 Å². The molecule has 1 unspecified atom stereocenters. The summed E-state index contributed by atoms with van der Waals surface area (Å²) in [5.74, 6) is -1.65. The number of carboxylic acids is 1. The number of allylic oxidation sites excluding steroid dienone is 2. The molecule has 0 amide bonds. The first-order valence-electron chi connectivity index (χ1n) is 6.62. The molecule has 0 radical (unpaired) electrons. The number of nitrogens with zero attached hydrogens (tertiary/aromatic N) is 1. The molecule has 2 rings (SSSR count). The van der Waals surface area contributed by atoms with Crippen molar-refractivity contribution in [2.45, 2.75) is 26.7 Å². The van der Waals surface area contributed by atoms with Crippen molar-refractivity contribution in [2.24, 2.45) is 11.3 Å². The maximum atomic E-state index is 11.2. The monoisotopic (exact) mass is 291 g/mol. The van der Waals surface area contributed by atoms with Crippen LogP contribution in [0.5, 0.6) is 5.75 Å². The maximum absolute atomic E-state index is 11.2. The minimum atomic E-state index is -0.818. The number of hydrogen-bond donors (Lipinski definition) is 2.